The fraction of sp³-hybridized carbons (Fsp3) is 0.364. The van der Waals surface area contributed by atoms with Gasteiger partial charge >= 0.3 is 0 Å². The third kappa shape index (κ3) is 3.82. The average Bonchev–Trinajstić information content (AvgIpc) is 2.34. The molecule has 0 aliphatic rings. The summed E-state index contributed by atoms with van der Waals surface area (Å²) >= 11 is 0.924. The maximum Gasteiger partial charge on any atom is 0.185 e. The Balaban J connectivity index is 2.78. The number of carbonyl (C=O) groups excluding carboxylic acids is 1. The monoisotopic (exact) mass is 252 g/mol. The molecule has 1 rings (SSSR count). The van der Waals surface area contributed by atoms with Crippen LogP contribution < -0.4 is 0 Å². The van der Waals surface area contributed by atoms with E-state index in [1.54, 1.807) is 6.07 Å². The number of pyridine rings is 1. The minimum Gasteiger partial charge on any atom is -0.389 e. The lowest BCUT2D eigenvalue weighted by Gasteiger charge is -2.17. The molecular weight excluding hydrogens is 240 g/mol. The first kappa shape index (κ1) is 13.6. The molecule has 1 heterocycles. The van der Waals surface area contributed by atoms with E-state index >= 15 is 0 Å². The first-order valence-corrected chi connectivity index (χ1v) is 5.89. The highest BCUT2D eigenvalue weighted by atomic mass is 32.2. The van der Waals surface area contributed by atoms with Crippen molar-refractivity contribution in [3.05, 3.63) is 29.6 Å². The van der Waals surface area contributed by atoms with E-state index in [4.69, 9.17) is 5.26 Å². The summed E-state index contributed by atoms with van der Waals surface area (Å²) in [7, 11) is 0. The molecular formula is C11H12N2O3S. The number of hydrogen-bond acceptors (Lipinski definition) is 6. The van der Waals surface area contributed by atoms with E-state index in [0.29, 0.717) is 0 Å². The van der Waals surface area contributed by atoms with Crippen LogP contribution in [-0.2, 0) is 4.79 Å². The Bertz CT molecular complexity index is 445. The van der Waals surface area contributed by atoms with Crippen molar-refractivity contribution in [3.8, 4) is 6.07 Å². The second-order valence-electron chi connectivity index (χ2n) is 3.37. The number of aliphatic hydroxyl groups is 2. The summed E-state index contributed by atoms with van der Waals surface area (Å²) in [6.45, 7) is 1.38. The van der Waals surface area contributed by atoms with Gasteiger partial charge in [0.1, 0.15) is 17.9 Å². The van der Waals surface area contributed by atoms with Crippen LogP contribution in [-0.4, -0.2) is 32.2 Å². The van der Waals surface area contributed by atoms with Crippen LogP contribution in [0.2, 0.25) is 0 Å². The minimum absolute atomic E-state index is 0.0758. The normalized spacial score (nSPS) is 13.8. The van der Waals surface area contributed by atoms with E-state index in [1.807, 2.05) is 6.07 Å². The molecule has 2 unspecified atom stereocenters. The molecule has 0 amide bonds. The van der Waals surface area contributed by atoms with Gasteiger partial charge in [-0.05, 0) is 6.07 Å². The molecule has 6 heteroatoms. The molecule has 0 aromatic carbocycles. The molecule has 0 aliphatic carbocycles. The zero-order chi connectivity index (χ0) is 12.8. The number of nitriles is 1. The first-order valence-electron chi connectivity index (χ1n) is 4.90. The molecule has 0 radical (unpaired) electrons. The quantitative estimate of drug-likeness (QED) is 0.816. The number of carbonyl (C=O) groups is 1. The number of aliphatic hydroxyl groups excluding tert-OH is 2. The number of rotatable bonds is 4. The molecule has 0 bridgehead atoms. The third-order valence-corrected chi connectivity index (χ3v) is 3.00. The summed E-state index contributed by atoms with van der Waals surface area (Å²) in [6, 6.07) is 4.94. The second-order valence-corrected chi connectivity index (χ2v) is 4.56. The van der Waals surface area contributed by atoms with E-state index < -0.39 is 12.2 Å². The maximum absolute atomic E-state index is 10.7. The van der Waals surface area contributed by atoms with E-state index in [-0.39, 0.29) is 22.1 Å². The SMILES string of the molecule is CC(=O)SCC(O)C(O)c1cccnc1C#N. The van der Waals surface area contributed by atoms with Crippen molar-refractivity contribution >= 4 is 16.9 Å². The predicted molar refractivity (Wildman–Crippen MR) is 63.1 cm³/mol. The Hall–Kier alpha value is -1.42. The van der Waals surface area contributed by atoms with Crippen molar-refractivity contribution < 1.29 is 15.0 Å². The van der Waals surface area contributed by atoms with Gasteiger partial charge in [-0.15, -0.1) is 0 Å². The lowest BCUT2D eigenvalue weighted by Crippen LogP contribution is -2.22. The van der Waals surface area contributed by atoms with Gasteiger partial charge in [0.2, 0.25) is 0 Å². The maximum atomic E-state index is 10.7. The van der Waals surface area contributed by atoms with Gasteiger partial charge in [-0.25, -0.2) is 4.98 Å². The molecule has 0 saturated carbocycles. The number of hydrogen-bond donors (Lipinski definition) is 2. The molecule has 0 saturated heterocycles. The fourth-order valence-electron chi connectivity index (χ4n) is 1.25. The molecule has 1 aromatic heterocycles. The standard InChI is InChI=1S/C11H12N2O3S/c1-7(14)17-6-10(15)11(16)8-3-2-4-13-9(8)5-12/h2-4,10-11,15-16H,6H2,1H3. The summed E-state index contributed by atoms with van der Waals surface area (Å²) in [4.78, 5) is 14.5. The van der Waals surface area contributed by atoms with E-state index in [0.717, 1.165) is 11.8 Å². The molecule has 2 N–H and O–H groups in total. The molecule has 1 aromatic rings. The largest absolute Gasteiger partial charge is 0.389 e. The Morgan fingerprint density at radius 2 is 2.35 bits per heavy atom. The van der Waals surface area contributed by atoms with Crippen LogP contribution in [0.25, 0.3) is 0 Å². The van der Waals surface area contributed by atoms with E-state index in [9.17, 15) is 15.0 Å². The molecule has 2 atom stereocenters. The minimum atomic E-state index is -1.22. The van der Waals surface area contributed by atoms with Crippen molar-refractivity contribution in [2.24, 2.45) is 0 Å². The third-order valence-electron chi connectivity index (χ3n) is 2.09. The van der Waals surface area contributed by atoms with Gasteiger partial charge in [0.25, 0.3) is 0 Å². The van der Waals surface area contributed by atoms with Gasteiger partial charge in [0.05, 0.1) is 6.10 Å². The Kier molecular flexibility index (Phi) is 5.10. The second kappa shape index (κ2) is 6.35. The van der Waals surface area contributed by atoms with Crippen molar-refractivity contribution in [1.29, 1.82) is 5.26 Å². The van der Waals surface area contributed by atoms with Crippen LogP contribution in [0, 0.1) is 11.3 Å². The Morgan fingerprint density at radius 1 is 1.65 bits per heavy atom. The smallest absolute Gasteiger partial charge is 0.185 e. The summed E-state index contributed by atoms with van der Waals surface area (Å²) in [5, 5.41) is 28.2. The van der Waals surface area contributed by atoms with Crippen molar-refractivity contribution in [1.82, 2.24) is 4.98 Å². The summed E-state index contributed by atoms with van der Waals surface area (Å²) in [6.07, 6.45) is -0.892. The Labute approximate surface area is 103 Å². The van der Waals surface area contributed by atoms with E-state index in [2.05, 4.69) is 4.98 Å². The highest BCUT2D eigenvalue weighted by Crippen LogP contribution is 2.21. The summed E-state index contributed by atoms with van der Waals surface area (Å²) < 4.78 is 0. The lowest BCUT2D eigenvalue weighted by molar-refractivity contribution is -0.109. The number of nitrogens with zero attached hydrogens (tertiary/aromatic N) is 2. The molecule has 17 heavy (non-hydrogen) atoms. The summed E-state index contributed by atoms with van der Waals surface area (Å²) in [5.74, 6) is 0.0796. The van der Waals surface area contributed by atoms with Crippen LogP contribution in [0.3, 0.4) is 0 Å². The van der Waals surface area contributed by atoms with Crippen molar-refractivity contribution in [2.45, 2.75) is 19.1 Å². The Morgan fingerprint density at radius 3 is 2.94 bits per heavy atom. The number of aromatic nitrogens is 1. The van der Waals surface area contributed by atoms with Gasteiger partial charge in [0.15, 0.2) is 5.12 Å². The highest BCUT2D eigenvalue weighted by Gasteiger charge is 2.22. The van der Waals surface area contributed by atoms with Crippen LogP contribution in [0.4, 0.5) is 0 Å². The van der Waals surface area contributed by atoms with Crippen LogP contribution >= 0.6 is 11.8 Å². The zero-order valence-electron chi connectivity index (χ0n) is 9.20. The average molecular weight is 252 g/mol. The van der Waals surface area contributed by atoms with Crippen LogP contribution in [0.1, 0.15) is 24.3 Å². The lowest BCUT2D eigenvalue weighted by atomic mass is 10.0. The van der Waals surface area contributed by atoms with Gasteiger partial charge in [-0.1, -0.05) is 17.8 Å². The van der Waals surface area contributed by atoms with Gasteiger partial charge in [-0.3, -0.25) is 4.79 Å². The topological polar surface area (TPSA) is 94.2 Å². The van der Waals surface area contributed by atoms with Gasteiger partial charge in [-0.2, -0.15) is 5.26 Å². The summed E-state index contributed by atoms with van der Waals surface area (Å²) in [5.41, 5.74) is 0.346. The zero-order valence-corrected chi connectivity index (χ0v) is 10.0. The van der Waals surface area contributed by atoms with Gasteiger partial charge < -0.3 is 10.2 Å². The molecule has 0 spiro atoms. The first-order chi connectivity index (χ1) is 8.06. The molecule has 5 nitrogen and oxygen atoms in total. The predicted octanol–water partition coefficient (Wildman–Crippen LogP) is 0.627. The fourth-order valence-corrected chi connectivity index (χ4v) is 1.84. The molecule has 0 aliphatic heterocycles. The number of thioether (sulfide) groups is 1. The highest BCUT2D eigenvalue weighted by molar-refractivity contribution is 8.13. The van der Waals surface area contributed by atoms with Gasteiger partial charge in [0, 0.05) is 24.4 Å². The molecule has 90 valence electrons. The van der Waals surface area contributed by atoms with E-state index in [1.165, 1.54) is 19.2 Å². The van der Waals surface area contributed by atoms with Crippen molar-refractivity contribution in [3.63, 3.8) is 0 Å². The van der Waals surface area contributed by atoms with Crippen LogP contribution in [0.5, 0.6) is 0 Å². The van der Waals surface area contributed by atoms with Crippen LogP contribution in [0.15, 0.2) is 18.3 Å². The molecule has 0 fully saturated rings. The van der Waals surface area contributed by atoms with Crippen molar-refractivity contribution in [2.75, 3.05) is 5.75 Å².